The van der Waals surface area contributed by atoms with Gasteiger partial charge in [0.25, 0.3) is 0 Å². The van der Waals surface area contributed by atoms with Crippen LogP contribution in [-0.4, -0.2) is 11.4 Å². The molecule has 0 fully saturated rings. The fourth-order valence-corrected chi connectivity index (χ4v) is 8.83. The van der Waals surface area contributed by atoms with Crippen molar-refractivity contribution >= 4 is 35.0 Å². The van der Waals surface area contributed by atoms with Gasteiger partial charge in [-0.25, -0.2) is 9.98 Å². The molecule has 4 nitrogen and oxygen atoms in total. The standard InChI is InChI=1S/2C28H31N2.Co/c2*1-8-21-18(3)25(29-19(21)4)16-26-23-11-9-10-12-24(23)27(30-26)22-14-13-20(15-17(22)2)28(5,6)7;/h2*9-16H,8H2,1-7H3;/q2*-1;+2. The van der Waals surface area contributed by atoms with Crippen molar-refractivity contribution < 1.29 is 16.8 Å². The molecule has 8 rings (SSSR count). The maximum atomic E-state index is 5.12. The molecule has 0 atom stereocenters. The van der Waals surface area contributed by atoms with Crippen molar-refractivity contribution in [2.45, 2.75) is 121 Å². The van der Waals surface area contributed by atoms with Crippen LogP contribution in [0, 0.1) is 41.5 Å². The van der Waals surface area contributed by atoms with Crippen LogP contribution >= 0.6 is 0 Å². The Morgan fingerprint density at radius 1 is 0.475 bits per heavy atom. The van der Waals surface area contributed by atoms with E-state index in [1.54, 1.807) is 0 Å². The Bertz CT molecular complexity index is 2560. The number of nitrogens with zero attached hydrogens (tertiary/aromatic N) is 4. The molecule has 2 aliphatic rings. The van der Waals surface area contributed by atoms with Crippen molar-refractivity contribution in [3.63, 3.8) is 0 Å². The van der Waals surface area contributed by atoms with E-state index in [-0.39, 0.29) is 27.6 Å². The predicted molar refractivity (Wildman–Crippen MR) is 257 cm³/mol. The quantitative estimate of drug-likeness (QED) is 0.168. The third kappa shape index (κ3) is 8.92. The molecular formula is C56H62CoN4. The summed E-state index contributed by atoms with van der Waals surface area (Å²) in [7, 11) is 0. The van der Waals surface area contributed by atoms with E-state index < -0.39 is 0 Å². The van der Waals surface area contributed by atoms with Crippen molar-refractivity contribution in [2.24, 2.45) is 9.98 Å². The Balaban J connectivity index is 0.000000201. The number of hydrogen-bond donors (Lipinski definition) is 0. The summed E-state index contributed by atoms with van der Waals surface area (Å²) in [6, 6.07) is 30.7. The molecule has 0 bridgehead atoms. The largest absolute Gasteiger partial charge is 2.00 e. The van der Waals surface area contributed by atoms with Crippen LogP contribution in [0.15, 0.2) is 94.9 Å². The first kappa shape index (κ1) is 45.3. The van der Waals surface area contributed by atoms with Crippen LogP contribution in [0.3, 0.4) is 0 Å². The van der Waals surface area contributed by atoms with E-state index in [0.717, 1.165) is 58.4 Å². The molecule has 0 saturated carbocycles. The molecule has 6 aromatic rings. The first-order chi connectivity index (χ1) is 28.4. The van der Waals surface area contributed by atoms with E-state index in [1.165, 1.54) is 77.9 Å². The summed E-state index contributed by atoms with van der Waals surface area (Å²) in [5.74, 6) is 0. The second kappa shape index (κ2) is 17.6. The molecule has 0 N–H and O–H groups in total. The average Bonchev–Trinajstić information content (AvgIpc) is 3.91. The molecule has 0 aliphatic carbocycles. The molecule has 2 aliphatic heterocycles. The molecule has 2 aromatic heterocycles. The molecule has 315 valence electrons. The Morgan fingerprint density at radius 3 is 1.11 bits per heavy atom. The number of aliphatic imine (C=N–C) groups is 2. The summed E-state index contributed by atoms with van der Waals surface area (Å²) in [4.78, 5) is 19.9. The van der Waals surface area contributed by atoms with Gasteiger partial charge in [0, 0.05) is 33.4 Å². The van der Waals surface area contributed by atoms with Crippen molar-refractivity contribution in [3.8, 4) is 0 Å². The molecule has 5 heteroatoms. The van der Waals surface area contributed by atoms with Gasteiger partial charge in [0.05, 0.1) is 22.8 Å². The van der Waals surface area contributed by atoms with Gasteiger partial charge in [0.1, 0.15) is 0 Å². The second-order valence-corrected chi connectivity index (χ2v) is 18.7. The van der Waals surface area contributed by atoms with Gasteiger partial charge in [-0.3, -0.25) is 0 Å². The van der Waals surface area contributed by atoms with E-state index in [9.17, 15) is 0 Å². The molecule has 0 unspecified atom stereocenters. The van der Waals surface area contributed by atoms with E-state index in [4.69, 9.17) is 20.0 Å². The molecule has 61 heavy (non-hydrogen) atoms. The molecule has 4 heterocycles. The molecule has 0 saturated heterocycles. The fourth-order valence-electron chi connectivity index (χ4n) is 8.83. The van der Waals surface area contributed by atoms with E-state index >= 15 is 0 Å². The molecule has 1 radical (unpaired) electrons. The summed E-state index contributed by atoms with van der Waals surface area (Å²) >= 11 is 0. The third-order valence-corrected chi connectivity index (χ3v) is 12.5. The second-order valence-electron chi connectivity index (χ2n) is 18.7. The zero-order valence-electron chi connectivity index (χ0n) is 38.8. The van der Waals surface area contributed by atoms with Crippen LogP contribution in [-0.2, 0) is 40.5 Å². The summed E-state index contributed by atoms with van der Waals surface area (Å²) in [5.41, 5.74) is 26.4. The summed E-state index contributed by atoms with van der Waals surface area (Å²) < 4.78 is 0. The van der Waals surface area contributed by atoms with Gasteiger partial charge >= 0.3 is 16.8 Å². The zero-order valence-corrected chi connectivity index (χ0v) is 39.8. The Kier molecular flexibility index (Phi) is 13.1. The Morgan fingerprint density at radius 2 is 0.820 bits per heavy atom. The third-order valence-electron chi connectivity index (χ3n) is 12.5. The normalized spacial score (nSPS) is 14.7. The Hall–Kier alpha value is -5.23. The predicted octanol–water partition coefficient (Wildman–Crippen LogP) is 13.6. The number of hydrogen-bond acceptors (Lipinski definition) is 2. The summed E-state index contributed by atoms with van der Waals surface area (Å²) in [5, 5.41) is 0. The Labute approximate surface area is 376 Å². The number of benzene rings is 4. The van der Waals surface area contributed by atoms with Crippen LogP contribution in [0.2, 0.25) is 0 Å². The average molecular weight is 850 g/mol. The van der Waals surface area contributed by atoms with Crippen LogP contribution in [0.25, 0.3) is 23.5 Å². The van der Waals surface area contributed by atoms with Crippen molar-refractivity contribution in [3.05, 3.63) is 186 Å². The van der Waals surface area contributed by atoms with Gasteiger partial charge in [0.2, 0.25) is 0 Å². The van der Waals surface area contributed by atoms with E-state index in [1.807, 2.05) is 0 Å². The van der Waals surface area contributed by atoms with Crippen LogP contribution in [0.4, 0.5) is 0 Å². The molecule has 4 aromatic carbocycles. The minimum atomic E-state index is 0. The van der Waals surface area contributed by atoms with E-state index in [2.05, 4.69) is 194 Å². The summed E-state index contributed by atoms with van der Waals surface area (Å²) in [6.45, 7) is 30.9. The van der Waals surface area contributed by atoms with Gasteiger partial charge in [-0.05, 0) is 73.6 Å². The topological polar surface area (TPSA) is 52.9 Å². The first-order valence-electron chi connectivity index (χ1n) is 21.7. The minimum absolute atomic E-state index is 0. The summed E-state index contributed by atoms with van der Waals surface area (Å²) in [6.07, 6.45) is 6.34. The smallest absolute Gasteiger partial charge is 0.661 e. The number of rotatable bonds is 6. The van der Waals surface area contributed by atoms with Crippen LogP contribution in [0.1, 0.15) is 156 Å². The zero-order chi connectivity index (χ0) is 43.3. The maximum absolute atomic E-state index is 5.12. The number of fused-ring (bicyclic) bond motifs is 2. The fraction of sp³-hybridized carbons (Fsp3) is 0.321. The van der Waals surface area contributed by atoms with Gasteiger partial charge in [0.15, 0.2) is 0 Å². The van der Waals surface area contributed by atoms with Gasteiger partial charge in [-0.15, -0.1) is 11.4 Å². The molecule has 0 amide bonds. The van der Waals surface area contributed by atoms with Crippen molar-refractivity contribution in [1.82, 2.24) is 9.97 Å². The molecular weight excluding hydrogens is 788 g/mol. The first-order valence-corrected chi connectivity index (χ1v) is 21.7. The molecule has 0 spiro atoms. The number of aromatic nitrogens is 2. The van der Waals surface area contributed by atoms with Crippen LogP contribution < -0.4 is 9.97 Å². The SMILES string of the molecule is CCc1c(C)[n-]c(C=C2N=C(c3ccc(C(C)(C)C)cc3C)c3ccccc32)c1C.CCc1c(C)[n-]c(C=C2N=C(c3ccc(C(C)(C)C)cc3C)c3ccccc32)c1C.[Co+2]. The monoisotopic (exact) mass is 849 g/mol. The van der Waals surface area contributed by atoms with Gasteiger partial charge in [-0.1, -0.05) is 189 Å². The van der Waals surface area contributed by atoms with Crippen molar-refractivity contribution in [1.29, 1.82) is 0 Å². The van der Waals surface area contributed by atoms with Gasteiger partial charge < -0.3 is 9.97 Å². The minimum Gasteiger partial charge on any atom is -0.661 e. The van der Waals surface area contributed by atoms with E-state index in [0.29, 0.717) is 0 Å². The number of aryl methyl sites for hydroxylation is 4. The maximum Gasteiger partial charge on any atom is 2.00 e. The van der Waals surface area contributed by atoms with Gasteiger partial charge in [-0.2, -0.15) is 11.4 Å². The van der Waals surface area contributed by atoms with Crippen LogP contribution in [0.5, 0.6) is 0 Å². The van der Waals surface area contributed by atoms with Crippen molar-refractivity contribution in [2.75, 3.05) is 0 Å².